The van der Waals surface area contributed by atoms with Crippen LogP contribution in [0.25, 0.3) is 0 Å². The topological polar surface area (TPSA) is 61.8 Å². The van der Waals surface area contributed by atoms with E-state index in [9.17, 15) is 9.59 Å². The standard InChI is InChI=1S/C28H48O5.CH4/c1-11-14-15-16-18-21(5)26(32-10)22(6)27(30)28(7,8)24(31-9)19-25(29)33-23(17-12-2)20(4)13-3;/h11-14,21-24,26H,2,15-19H2,1,3-10H3;1H4/b14-11?,20-13+;. The van der Waals surface area contributed by atoms with Crippen LogP contribution in [-0.4, -0.2) is 44.3 Å². The van der Waals surface area contributed by atoms with Gasteiger partial charge in [0.1, 0.15) is 11.9 Å². The van der Waals surface area contributed by atoms with Crippen LogP contribution < -0.4 is 0 Å². The van der Waals surface area contributed by atoms with Gasteiger partial charge in [0, 0.05) is 26.6 Å². The summed E-state index contributed by atoms with van der Waals surface area (Å²) in [5, 5.41) is 0. The van der Waals surface area contributed by atoms with Gasteiger partial charge in [0.05, 0.1) is 24.0 Å². The molecular weight excluding hydrogens is 428 g/mol. The van der Waals surface area contributed by atoms with Crippen molar-refractivity contribution in [2.75, 3.05) is 14.2 Å². The molecule has 198 valence electrons. The maximum Gasteiger partial charge on any atom is 0.309 e. The van der Waals surface area contributed by atoms with Gasteiger partial charge in [-0.15, -0.1) is 6.58 Å². The number of carbonyl (C=O) groups is 2. The lowest BCUT2D eigenvalue weighted by Gasteiger charge is -2.37. The van der Waals surface area contributed by atoms with Crippen molar-refractivity contribution in [3.63, 3.8) is 0 Å². The molecule has 0 aliphatic rings. The Morgan fingerprint density at radius 1 is 1.09 bits per heavy atom. The van der Waals surface area contributed by atoms with Crippen LogP contribution in [0, 0.1) is 17.3 Å². The molecule has 0 spiro atoms. The van der Waals surface area contributed by atoms with Crippen molar-refractivity contribution in [3.8, 4) is 0 Å². The van der Waals surface area contributed by atoms with Crippen LogP contribution in [0.3, 0.4) is 0 Å². The number of hydrogen-bond acceptors (Lipinski definition) is 5. The van der Waals surface area contributed by atoms with Gasteiger partial charge in [-0.3, -0.25) is 9.59 Å². The monoisotopic (exact) mass is 480 g/mol. The third-order valence-corrected chi connectivity index (χ3v) is 6.70. The molecule has 0 aliphatic carbocycles. The number of allylic oxidation sites excluding steroid dienone is 3. The second kappa shape index (κ2) is 17.7. The zero-order chi connectivity index (χ0) is 25.6. The highest BCUT2D eigenvalue weighted by Crippen LogP contribution is 2.34. The van der Waals surface area contributed by atoms with Crippen molar-refractivity contribution < 1.29 is 23.8 Å². The molecule has 0 radical (unpaired) electrons. The van der Waals surface area contributed by atoms with E-state index in [2.05, 4.69) is 25.7 Å². The Bertz CT molecular complexity index is 661. The first-order valence-electron chi connectivity index (χ1n) is 12.2. The fourth-order valence-electron chi connectivity index (χ4n) is 4.37. The number of ether oxygens (including phenoxy) is 3. The molecule has 0 aliphatic heterocycles. The van der Waals surface area contributed by atoms with Crippen molar-refractivity contribution >= 4 is 11.8 Å². The molecule has 34 heavy (non-hydrogen) atoms. The highest BCUT2D eigenvalue weighted by atomic mass is 16.5. The van der Waals surface area contributed by atoms with E-state index in [0.717, 1.165) is 24.8 Å². The maximum absolute atomic E-state index is 13.6. The number of ketones is 1. The van der Waals surface area contributed by atoms with Gasteiger partial charge in [0.15, 0.2) is 0 Å². The first-order chi connectivity index (χ1) is 15.5. The minimum atomic E-state index is -0.877. The molecule has 5 atom stereocenters. The predicted octanol–water partition coefficient (Wildman–Crippen LogP) is 7.11. The van der Waals surface area contributed by atoms with Crippen LogP contribution in [0.1, 0.15) is 88.0 Å². The summed E-state index contributed by atoms with van der Waals surface area (Å²) in [6.07, 6.45) is 10.3. The number of Topliss-reactive ketones (excluding diaryl/α,β-unsaturated/α-hetero) is 1. The number of esters is 1. The lowest BCUT2D eigenvalue weighted by atomic mass is 9.72. The molecule has 0 aromatic carbocycles. The van der Waals surface area contributed by atoms with Crippen LogP contribution in [-0.2, 0) is 23.8 Å². The lowest BCUT2D eigenvalue weighted by Crippen LogP contribution is -2.46. The van der Waals surface area contributed by atoms with Crippen LogP contribution in [0.4, 0.5) is 0 Å². The molecule has 0 saturated heterocycles. The predicted molar refractivity (Wildman–Crippen MR) is 143 cm³/mol. The zero-order valence-electron chi connectivity index (χ0n) is 22.5. The summed E-state index contributed by atoms with van der Waals surface area (Å²) in [6.45, 7) is 17.3. The number of unbranched alkanes of at least 4 members (excludes halogenated alkanes) is 1. The number of carbonyl (C=O) groups excluding carboxylic acids is 2. The van der Waals surface area contributed by atoms with E-state index in [0.29, 0.717) is 6.42 Å². The van der Waals surface area contributed by atoms with Gasteiger partial charge in [0.25, 0.3) is 0 Å². The van der Waals surface area contributed by atoms with Crippen LogP contribution in [0.15, 0.2) is 36.5 Å². The smallest absolute Gasteiger partial charge is 0.309 e. The zero-order valence-corrected chi connectivity index (χ0v) is 22.5. The van der Waals surface area contributed by atoms with E-state index in [4.69, 9.17) is 14.2 Å². The SMILES string of the molecule is C.C=CCC(OC(=O)CC(OC)C(C)(C)C(=O)C(C)C(OC)C(C)CCCC=CC)/C(C)=C/C. The maximum atomic E-state index is 13.6. The Morgan fingerprint density at radius 2 is 1.71 bits per heavy atom. The van der Waals surface area contributed by atoms with Crippen LogP contribution >= 0.6 is 0 Å². The molecule has 0 heterocycles. The molecule has 5 nitrogen and oxygen atoms in total. The molecule has 0 bridgehead atoms. The molecule has 0 fully saturated rings. The van der Waals surface area contributed by atoms with Crippen LogP contribution in [0.5, 0.6) is 0 Å². The normalized spacial score (nSPS) is 16.8. The van der Waals surface area contributed by atoms with Gasteiger partial charge in [-0.1, -0.05) is 59.4 Å². The first-order valence-corrected chi connectivity index (χ1v) is 12.2. The van der Waals surface area contributed by atoms with Crippen molar-refractivity contribution in [1.82, 2.24) is 0 Å². The van der Waals surface area contributed by atoms with E-state index < -0.39 is 11.5 Å². The third kappa shape index (κ3) is 10.7. The first kappa shape index (κ1) is 34.4. The van der Waals surface area contributed by atoms with Gasteiger partial charge in [-0.2, -0.15) is 0 Å². The molecule has 0 aromatic heterocycles. The van der Waals surface area contributed by atoms with E-state index >= 15 is 0 Å². The number of hydrogen-bond donors (Lipinski definition) is 0. The minimum absolute atomic E-state index is 0. The molecule has 5 unspecified atom stereocenters. The Labute approximate surface area is 210 Å². The Morgan fingerprint density at radius 3 is 2.18 bits per heavy atom. The number of methoxy groups -OCH3 is 2. The molecule has 0 rings (SSSR count). The quantitative estimate of drug-likeness (QED) is 0.126. The fourth-order valence-corrected chi connectivity index (χ4v) is 4.37. The summed E-state index contributed by atoms with van der Waals surface area (Å²) >= 11 is 0. The molecule has 0 amide bonds. The second-order valence-corrected chi connectivity index (χ2v) is 9.52. The summed E-state index contributed by atoms with van der Waals surface area (Å²) in [5.74, 6) is -0.441. The van der Waals surface area contributed by atoms with Gasteiger partial charge in [-0.05, 0) is 51.5 Å². The summed E-state index contributed by atoms with van der Waals surface area (Å²) in [7, 11) is 3.20. The summed E-state index contributed by atoms with van der Waals surface area (Å²) in [6, 6.07) is 0. The second-order valence-electron chi connectivity index (χ2n) is 9.52. The summed E-state index contributed by atoms with van der Waals surface area (Å²) < 4.78 is 17.1. The highest BCUT2D eigenvalue weighted by molar-refractivity contribution is 5.88. The molecule has 0 aromatic rings. The molecule has 0 saturated carbocycles. The third-order valence-electron chi connectivity index (χ3n) is 6.70. The van der Waals surface area contributed by atoms with Gasteiger partial charge >= 0.3 is 5.97 Å². The lowest BCUT2D eigenvalue weighted by molar-refractivity contribution is -0.156. The van der Waals surface area contributed by atoms with E-state index in [-0.39, 0.29) is 49.6 Å². The van der Waals surface area contributed by atoms with Crippen molar-refractivity contribution in [1.29, 1.82) is 0 Å². The minimum Gasteiger partial charge on any atom is -0.457 e. The molecule has 0 N–H and O–H groups in total. The average Bonchev–Trinajstić information content (AvgIpc) is 2.79. The van der Waals surface area contributed by atoms with Gasteiger partial charge in [-0.25, -0.2) is 0 Å². The Hall–Kier alpha value is -1.72. The summed E-state index contributed by atoms with van der Waals surface area (Å²) in [4.78, 5) is 26.3. The highest BCUT2D eigenvalue weighted by Gasteiger charge is 2.43. The average molecular weight is 481 g/mol. The van der Waals surface area contributed by atoms with Gasteiger partial charge in [0.2, 0.25) is 0 Å². The molecular formula is C29H52O5. The van der Waals surface area contributed by atoms with E-state index in [1.165, 1.54) is 7.11 Å². The Kier molecular flexibility index (Phi) is 17.9. The largest absolute Gasteiger partial charge is 0.457 e. The van der Waals surface area contributed by atoms with Crippen molar-refractivity contribution in [2.24, 2.45) is 17.3 Å². The van der Waals surface area contributed by atoms with Crippen molar-refractivity contribution in [2.45, 2.75) is 106 Å². The summed E-state index contributed by atoms with van der Waals surface area (Å²) in [5.41, 5.74) is 0.0885. The molecule has 5 heteroatoms. The Balaban J connectivity index is 0. The van der Waals surface area contributed by atoms with E-state index in [1.54, 1.807) is 13.2 Å². The van der Waals surface area contributed by atoms with Gasteiger partial charge < -0.3 is 14.2 Å². The van der Waals surface area contributed by atoms with E-state index in [1.807, 2.05) is 47.6 Å². The number of rotatable bonds is 17. The van der Waals surface area contributed by atoms with Crippen molar-refractivity contribution in [3.05, 3.63) is 36.5 Å². The van der Waals surface area contributed by atoms with Crippen LogP contribution in [0.2, 0.25) is 0 Å². The fraction of sp³-hybridized carbons (Fsp3) is 0.724.